The topological polar surface area (TPSA) is 55.5 Å². The van der Waals surface area contributed by atoms with Crippen LogP contribution in [0.15, 0.2) is 24.3 Å². The summed E-state index contributed by atoms with van der Waals surface area (Å²) in [7, 11) is 0. The van der Waals surface area contributed by atoms with E-state index in [1.807, 2.05) is 24.3 Å². The van der Waals surface area contributed by atoms with Gasteiger partial charge >= 0.3 is 0 Å². The lowest BCUT2D eigenvalue weighted by atomic mass is 9.90. The molecule has 2 unspecified atom stereocenters. The lowest BCUT2D eigenvalue weighted by Gasteiger charge is -2.27. The standard InChI is InChI=1S/C12H17NO2/c13-11-6-2-1-5-10(11)12(14)9-4-3-7-15-8-9/h1-2,5-6,9,12,14H,3-4,7-8,13H2. The van der Waals surface area contributed by atoms with E-state index in [4.69, 9.17) is 10.5 Å². The van der Waals surface area contributed by atoms with E-state index < -0.39 is 6.10 Å². The molecule has 1 aromatic carbocycles. The summed E-state index contributed by atoms with van der Waals surface area (Å²) in [6, 6.07) is 7.48. The lowest BCUT2D eigenvalue weighted by Crippen LogP contribution is -2.24. The fourth-order valence-corrected chi connectivity index (χ4v) is 2.05. The van der Waals surface area contributed by atoms with Gasteiger partial charge in [0, 0.05) is 23.8 Å². The predicted molar refractivity (Wildman–Crippen MR) is 59.4 cm³/mol. The van der Waals surface area contributed by atoms with Crippen LogP contribution in [0.3, 0.4) is 0 Å². The maximum absolute atomic E-state index is 10.2. The van der Waals surface area contributed by atoms with Gasteiger partial charge in [0.2, 0.25) is 0 Å². The third-order valence-corrected chi connectivity index (χ3v) is 2.96. The van der Waals surface area contributed by atoms with E-state index in [9.17, 15) is 5.11 Å². The van der Waals surface area contributed by atoms with Crippen LogP contribution in [0.4, 0.5) is 5.69 Å². The van der Waals surface area contributed by atoms with E-state index in [1.54, 1.807) is 0 Å². The molecule has 1 fully saturated rings. The van der Waals surface area contributed by atoms with Crippen molar-refractivity contribution >= 4 is 5.69 Å². The molecule has 2 rings (SSSR count). The summed E-state index contributed by atoms with van der Waals surface area (Å²) in [5.74, 6) is 0.184. The monoisotopic (exact) mass is 207 g/mol. The molecule has 0 spiro atoms. The number of aliphatic hydroxyl groups is 1. The Kier molecular flexibility index (Phi) is 3.23. The lowest BCUT2D eigenvalue weighted by molar-refractivity contribution is -0.00968. The zero-order chi connectivity index (χ0) is 10.7. The fraction of sp³-hybridized carbons (Fsp3) is 0.500. The molecule has 0 radical (unpaired) electrons. The Hall–Kier alpha value is -1.06. The highest BCUT2D eigenvalue weighted by atomic mass is 16.5. The molecule has 1 aliphatic heterocycles. The van der Waals surface area contributed by atoms with Crippen LogP contribution in [-0.4, -0.2) is 18.3 Å². The quantitative estimate of drug-likeness (QED) is 0.726. The molecular weight excluding hydrogens is 190 g/mol. The minimum atomic E-state index is -0.494. The summed E-state index contributed by atoms with van der Waals surface area (Å²) >= 11 is 0. The second-order valence-electron chi connectivity index (χ2n) is 4.05. The maximum Gasteiger partial charge on any atom is 0.0860 e. The minimum Gasteiger partial charge on any atom is -0.398 e. The summed E-state index contributed by atoms with van der Waals surface area (Å²) in [6.07, 6.45) is 1.54. The van der Waals surface area contributed by atoms with Crippen molar-refractivity contribution in [1.82, 2.24) is 0 Å². The number of nitrogens with two attached hydrogens (primary N) is 1. The zero-order valence-electron chi connectivity index (χ0n) is 8.73. The van der Waals surface area contributed by atoms with Gasteiger partial charge in [-0.25, -0.2) is 0 Å². The number of para-hydroxylation sites is 1. The molecule has 3 heteroatoms. The van der Waals surface area contributed by atoms with E-state index in [-0.39, 0.29) is 5.92 Å². The first-order valence-electron chi connectivity index (χ1n) is 5.39. The van der Waals surface area contributed by atoms with Gasteiger partial charge in [0.15, 0.2) is 0 Å². The maximum atomic E-state index is 10.2. The number of aliphatic hydroxyl groups excluding tert-OH is 1. The minimum absolute atomic E-state index is 0.184. The van der Waals surface area contributed by atoms with Crippen molar-refractivity contribution in [2.24, 2.45) is 5.92 Å². The van der Waals surface area contributed by atoms with Crippen LogP contribution in [0.1, 0.15) is 24.5 Å². The first kappa shape index (κ1) is 10.5. The number of ether oxygens (including phenoxy) is 1. The van der Waals surface area contributed by atoms with Crippen LogP contribution in [0.5, 0.6) is 0 Å². The number of nitrogen functional groups attached to an aromatic ring is 1. The Balaban J connectivity index is 2.12. The zero-order valence-corrected chi connectivity index (χ0v) is 8.73. The van der Waals surface area contributed by atoms with Crippen molar-refractivity contribution in [2.45, 2.75) is 18.9 Å². The van der Waals surface area contributed by atoms with Gasteiger partial charge in [0.25, 0.3) is 0 Å². The van der Waals surface area contributed by atoms with Gasteiger partial charge in [-0.15, -0.1) is 0 Å². The molecule has 0 aromatic heterocycles. The molecule has 1 aliphatic rings. The number of rotatable bonds is 2. The van der Waals surface area contributed by atoms with E-state index in [0.29, 0.717) is 12.3 Å². The summed E-state index contributed by atoms with van der Waals surface area (Å²) in [6.45, 7) is 1.45. The SMILES string of the molecule is Nc1ccccc1C(O)C1CCCOC1. The third kappa shape index (κ3) is 2.30. The van der Waals surface area contributed by atoms with Gasteiger partial charge < -0.3 is 15.6 Å². The van der Waals surface area contributed by atoms with E-state index >= 15 is 0 Å². The fourth-order valence-electron chi connectivity index (χ4n) is 2.05. The molecule has 0 amide bonds. The average Bonchev–Trinajstić information content (AvgIpc) is 2.30. The van der Waals surface area contributed by atoms with Crippen molar-refractivity contribution in [3.05, 3.63) is 29.8 Å². The molecule has 2 atom stereocenters. The van der Waals surface area contributed by atoms with Crippen LogP contribution >= 0.6 is 0 Å². The number of hydrogen-bond donors (Lipinski definition) is 2. The highest BCUT2D eigenvalue weighted by Gasteiger charge is 2.24. The molecule has 0 saturated carbocycles. The Bertz CT molecular complexity index is 321. The van der Waals surface area contributed by atoms with E-state index in [1.165, 1.54) is 0 Å². The van der Waals surface area contributed by atoms with Crippen LogP contribution in [-0.2, 0) is 4.74 Å². The van der Waals surface area contributed by atoms with Crippen molar-refractivity contribution in [3.63, 3.8) is 0 Å². The molecular formula is C12H17NO2. The predicted octanol–water partition coefficient (Wildman–Crippen LogP) is 1.73. The molecule has 15 heavy (non-hydrogen) atoms. The summed E-state index contributed by atoms with van der Waals surface area (Å²) in [5, 5.41) is 10.2. The second-order valence-corrected chi connectivity index (χ2v) is 4.05. The molecule has 0 bridgehead atoms. The largest absolute Gasteiger partial charge is 0.398 e. The summed E-state index contributed by atoms with van der Waals surface area (Å²) < 4.78 is 5.36. The van der Waals surface area contributed by atoms with Crippen molar-refractivity contribution in [3.8, 4) is 0 Å². The molecule has 3 N–H and O–H groups in total. The van der Waals surface area contributed by atoms with E-state index in [2.05, 4.69) is 0 Å². The molecule has 1 aromatic rings. The van der Waals surface area contributed by atoms with Crippen molar-refractivity contribution in [2.75, 3.05) is 18.9 Å². The smallest absolute Gasteiger partial charge is 0.0860 e. The number of hydrogen-bond acceptors (Lipinski definition) is 3. The van der Waals surface area contributed by atoms with Crippen molar-refractivity contribution in [1.29, 1.82) is 0 Å². The van der Waals surface area contributed by atoms with Crippen LogP contribution in [0.25, 0.3) is 0 Å². The van der Waals surface area contributed by atoms with Gasteiger partial charge in [-0.05, 0) is 18.9 Å². The van der Waals surface area contributed by atoms with Gasteiger partial charge in [-0.3, -0.25) is 0 Å². The average molecular weight is 207 g/mol. The highest BCUT2D eigenvalue weighted by Crippen LogP contribution is 2.31. The first-order chi connectivity index (χ1) is 7.29. The molecule has 3 nitrogen and oxygen atoms in total. The first-order valence-corrected chi connectivity index (χ1v) is 5.39. The van der Waals surface area contributed by atoms with E-state index in [0.717, 1.165) is 25.0 Å². The molecule has 0 aliphatic carbocycles. The molecule has 1 heterocycles. The Morgan fingerprint density at radius 3 is 2.87 bits per heavy atom. The highest BCUT2D eigenvalue weighted by molar-refractivity contribution is 5.47. The van der Waals surface area contributed by atoms with Crippen LogP contribution in [0.2, 0.25) is 0 Å². The molecule has 82 valence electrons. The van der Waals surface area contributed by atoms with Gasteiger partial charge in [0.05, 0.1) is 12.7 Å². The Labute approximate surface area is 89.9 Å². The summed E-state index contributed by atoms with van der Waals surface area (Å²) in [4.78, 5) is 0. The third-order valence-electron chi connectivity index (χ3n) is 2.96. The molecule has 1 saturated heterocycles. The Morgan fingerprint density at radius 2 is 2.20 bits per heavy atom. The number of benzene rings is 1. The van der Waals surface area contributed by atoms with Crippen LogP contribution in [0, 0.1) is 5.92 Å². The van der Waals surface area contributed by atoms with Gasteiger partial charge in [-0.2, -0.15) is 0 Å². The van der Waals surface area contributed by atoms with Gasteiger partial charge in [0.1, 0.15) is 0 Å². The van der Waals surface area contributed by atoms with Crippen molar-refractivity contribution < 1.29 is 9.84 Å². The summed E-state index contributed by atoms with van der Waals surface area (Å²) in [5.41, 5.74) is 7.32. The Morgan fingerprint density at radius 1 is 1.40 bits per heavy atom. The second kappa shape index (κ2) is 4.64. The van der Waals surface area contributed by atoms with Crippen LogP contribution < -0.4 is 5.73 Å². The number of anilines is 1. The van der Waals surface area contributed by atoms with Gasteiger partial charge in [-0.1, -0.05) is 18.2 Å². The normalized spacial score (nSPS) is 23.7.